The van der Waals surface area contributed by atoms with E-state index in [-0.39, 0.29) is 17.2 Å². The lowest BCUT2D eigenvalue weighted by Gasteiger charge is -2.14. The van der Waals surface area contributed by atoms with Crippen molar-refractivity contribution in [3.63, 3.8) is 0 Å². The molecule has 3 rings (SSSR count). The van der Waals surface area contributed by atoms with Crippen LogP contribution < -0.4 is 10.1 Å². The molecule has 158 valence electrons. The molecule has 10 heteroatoms. The largest absolute Gasteiger partial charge is 0.487 e. The highest BCUT2D eigenvalue weighted by atomic mass is 35.5. The van der Waals surface area contributed by atoms with Gasteiger partial charge in [-0.15, -0.1) is 0 Å². The number of ether oxygens (including phenoxy) is 2. The normalized spacial score (nSPS) is 14.9. The third-order valence-electron chi connectivity index (χ3n) is 4.66. The van der Waals surface area contributed by atoms with Gasteiger partial charge in [0.25, 0.3) is 5.91 Å². The summed E-state index contributed by atoms with van der Waals surface area (Å²) in [7, 11) is -0.416. The molecule has 1 amide bonds. The van der Waals surface area contributed by atoms with Crippen LogP contribution in [0.5, 0.6) is 5.75 Å². The van der Waals surface area contributed by atoms with E-state index >= 15 is 0 Å². The Bertz CT molecular complexity index is 984. The highest BCUT2D eigenvalue weighted by Crippen LogP contribution is 2.33. The average molecular weight is 442 g/mol. The smallest absolute Gasteiger partial charge is 0.272 e. The number of rotatable bonds is 8. The van der Waals surface area contributed by atoms with Crippen molar-refractivity contribution in [2.24, 2.45) is 7.05 Å². The first kappa shape index (κ1) is 21.6. The summed E-state index contributed by atoms with van der Waals surface area (Å²) in [5.74, 6) is -0.132. The molecule has 1 aliphatic heterocycles. The topological polar surface area (TPSA) is 89.9 Å². The number of hydrogen-bond acceptors (Lipinski definition) is 5. The predicted molar refractivity (Wildman–Crippen MR) is 110 cm³/mol. The Morgan fingerprint density at radius 3 is 2.66 bits per heavy atom. The zero-order chi connectivity index (χ0) is 21.0. The fourth-order valence-corrected chi connectivity index (χ4v) is 4.96. The standard InChI is InChI=1S/C19H24ClN3O5S/c1-22-13-14(29(25,26)23-8-3-4-9-23)12-17(22)19(24)21-16-7-5-6-15(20)18(16)28-11-10-27-2/h5-7,12-13H,3-4,8-11H2,1-2H3,(H,21,24). The van der Waals surface area contributed by atoms with E-state index in [4.69, 9.17) is 21.1 Å². The quantitative estimate of drug-likeness (QED) is 0.636. The Morgan fingerprint density at radius 2 is 1.97 bits per heavy atom. The number of halogens is 1. The van der Waals surface area contributed by atoms with Gasteiger partial charge in [0.2, 0.25) is 10.0 Å². The summed E-state index contributed by atoms with van der Waals surface area (Å²) in [4.78, 5) is 12.9. The van der Waals surface area contributed by atoms with Gasteiger partial charge < -0.3 is 19.4 Å². The summed E-state index contributed by atoms with van der Waals surface area (Å²) in [6.07, 6.45) is 3.15. The van der Waals surface area contributed by atoms with Gasteiger partial charge in [-0.05, 0) is 31.0 Å². The van der Waals surface area contributed by atoms with Crippen LogP contribution in [0.3, 0.4) is 0 Å². The second kappa shape index (κ2) is 9.17. The number of amides is 1. The Kier molecular flexibility index (Phi) is 6.84. The maximum atomic E-state index is 12.8. The number of carbonyl (C=O) groups is 1. The van der Waals surface area contributed by atoms with Crippen LogP contribution in [-0.4, -0.2) is 56.6 Å². The Labute approximate surface area is 175 Å². The van der Waals surface area contributed by atoms with Crippen LogP contribution >= 0.6 is 11.6 Å². The molecule has 0 unspecified atom stereocenters. The van der Waals surface area contributed by atoms with E-state index in [0.717, 1.165) is 12.8 Å². The fraction of sp³-hybridized carbons (Fsp3) is 0.421. The Morgan fingerprint density at radius 1 is 1.24 bits per heavy atom. The second-order valence-corrected chi connectivity index (χ2v) is 9.04. The van der Waals surface area contributed by atoms with Gasteiger partial charge in [0.15, 0.2) is 5.75 Å². The molecule has 8 nitrogen and oxygen atoms in total. The Hall–Kier alpha value is -2.07. The van der Waals surface area contributed by atoms with Crippen molar-refractivity contribution in [2.45, 2.75) is 17.7 Å². The number of methoxy groups -OCH3 is 1. The minimum atomic E-state index is -3.60. The van der Waals surface area contributed by atoms with E-state index in [9.17, 15) is 13.2 Å². The van der Waals surface area contributed by atoms with Crippen LogP contribution in [0.25, 0.3) is 0 Å². The first-order chi connectivity index (χ1) is 13.8. The molecule has 0 atom stereocenters. The number of nitrogens with one attached hydrogen (secondary N) is 1. The lowest BCUT2D eigenvalue weighted by Crippen LogP contribution is -2.27. The maximum absolute atomic E-state index is 12.8. The lowest BCUT2D eigenvalue weighted by molar-refractivity contribution is 0.101. The van der Waals surface area contributed by atoms with E-state index in [0.29, 0.717) is 36.2 Å². The van der Waals surface area contributed by atoms with E-state index in [2.05, 4.69) is 5.32 Å². The molecule has 1 saturated heterocycles. The maximum Gasteiger partial charge on any atom is 0.272 e. The zero-order valence-electron chi connectivity index (χ0n) is 16.4. The monoisotopic (exact) mass is 441 g/mol. The van der Waals surface area contributed by atoms with Crippen LogP contribution in [0.2, 0.25) is 5.02 Å². The first-order valence-electron chi connectivity index (χ1n) is 9.22. The Balaban J connectivity index is 1.82. The summed E-state index contributed by atoms with van der Waals surface area (Å²) >= 11 is 6.20. The molecule has 0 bridgehead atoms. The van der Waals surface area contributed by atoms with Crippen LogP contribution in [0, 0.1) is 0 Å². The van der Waals surface area contributed by atoms with Gasteiger partial charge in [-0.3, -0.25) is 4.79 Å². The lowest BCUT2D eigenvalue weighted by atomic mass is 10.2. The molecule has 1 aromatic carbocycles. The molecule has 1 aliphatic rings. The molecule has 1 fully saturated rings. The van der Waals surface area contributed by atoms with Crippen molar-refractivity contribution in [3.8, 4) is 5.75 Å². The molecule has 2 aromatic rings. The molecule has 0 aliphatic carbocycles. The van der Waals surface area contributed by atoms with E-state index in [1.807, 2.05) is 0 Å². The molecule has 0 radical (unpaired) electrons. The van der Waals surface area contributed by atoms with Gasteiger partial charge in [0, 0.05) is 33.4 Å². The van der Waals surface area contributed by atoms with Crippen LogP contribution in [-0.2, 0) is 21.8 Å². The number of aromatic nitrogens is 1. The SMILES string of the molecule is COCCOc1c(Cl)cccc1NC(=O)c1cc(S(=O)(=O)N2CCCC2)cn1C. The summed E-state index contributed by atoms with van der Waals surface area (Å²) in [6, 6.07) is 6.40. The molecular weight excluding hydrogens is 418 g/mol. The molecule has 1 N–H and O–H groups in total. The van der Waals surface area contributed by atoms with Crippen molar-refractivity contribution in [1.29, 1.82) is 0 Å². The van der Waals surface area contributed by atoms with Crippen molar-refractivity contribution >= 4 is 33.2 Å². The number of nitrogens with zero attached hydrogens (tertiary/aromatic N) is 2. The molecule has 0 saturated carbocycles. The number of para-hydroxylation sites is 1. The number of anilines is 1. The third-order valence-corrected chi connectivity index (χ3v) is 6.83. The van der Waals surface area contributed by atoms with Gasteiger partial charge in [-0.1, -0.05) is 17.7 Å². The summed E-state index contributed by atoms with van der Waals surface area (Å²) in [5, 5.41) is 3.10. The second-order valence-electron chi connectivity index (χ2n) is 6.70. The summed E-state index contributed by atoms with van der Waals surface area (Å²) in [5.41, 5.74) is 0.606. The summed E-state index contributed by atoms with van der Waals surface area (Å²) < 4.78 is 39.0. The highest BCUT2D eigenvalue weighted by Gasteiger charge is 2.29. The molecule has 2 heterocycles. The van der Waals surface area contributed by atoms with Crippen molar-refractivity contribution < 1.29 is 22.7 Å². The number of aryl methyl sites for hydroxylation is 1. The van der Waals surface area contributed by atoms with Gasteiger partial charge in [-0.25, -0.2) is 8.42 Å². The predicted octanol–water partition coefficient (Wildman–Crippen LogP) is 2.74. The molecular formula is C19H24ClN3O5S. The molecule has 0 spiro atoms. The number of hydrogen-bond donors (Lipinski definition) is 1. The number of benzene rings is 1. The highest BCUT2D eigenvalue weighted by molar-refractivity contribution is 7.89. The van der Waals surface area contributed by atoms with Crippen molar-refractivity contribution in [3.05, 3.63) is 41.2 Å². The third kappa shape index (κ3) is 4.75. The summed E-state index contributed by atoms with van der Waals surface area (Å²) in [6.45, 7) is 1.65. The zero-order valence-corrected chi connectivity index (χ0v) is 17.9. The van der Waals surface area contributed by atoms with Crippen molar-refractivity contribution in [1.82, 2.24) is 8.87 Å². The first-order valence-corrected chi connectivity index (χ1v) is 11.0. The molecule has 29 heavy (non-hydrogen) atoms. The van der Waals surface area contributed by atoms with Gasteiger partial charge in [-0.2, -0.15) is 4.31 Å². The van der Waals surface area contributed by atoms with Gasteiger partial charge >= 0.3 is 0 Å². The van der Waals surface area contributed by atoms with Gasteiger partial charge in [0.1, 0.15) is 17.2 Å². The average Bonchev–Trinajstić information content (AvgIpc) is 3.34. The van der Waals surface area contributed by atoms with Crippen LogP contribution in [0.15, 0.2) is 35.4 Å². The van der Waals surface area contributed by atoms with E-state index in [1.54, 1.807) is 32.4 Å². The van der Waals surface area contributed by atoms with E-state index in [1.165, 1.54) is 21.1 Å². The minimum Gasteiger partial charge on any atom is -0.487 e. The number of sulfonamides is 1. The minimum absolute atomic E-state index is 0.106. The fourth-order valence-electron chi connectivity index (χ4n) is 3.15. The van der Waals surface area contributed by atoms with Crippen LogP contribution in [0.4, 0.5) is 5.69 Å². The van der Waals surface area contributed by atoms with Crippen LogP contribution in [0.1, 0.15) is 23.3 Å². The number of carbonyl (C=O) groups excluding carboxylic acids is 1. The molecule has 1 aromatic heterocycles. The van der Waals surface area contributed by atoms with Crippen molar-refractivity contribution in [2.75, 3.05) is 38.7 Å². The van der Waals surface area contributed by atoms with E-state index < -0.39 is 15.9 Å². The van der Waals surface area contributed by atoms with Gasteiger partial charge in [0.05, 0.1) is 17.3 Å².